The third-order valence-electron chi connectivity index (χ3n) is 4.28. The van der Waals surface area contributed by atoms with Crippen LogP contribution in [0.3, 0.4) is 0 Å². The molecule has 4 nitrogen and oxygen atoms in total. The molecule has 1 aromatic rings. The summed E-state index contributed by atoms with van der Waals surface area (Å²) < 4.78 is 0. The van der Waals surface area contributed by atoms with E-state index >= 15 is 0 Å². The van der Waals surface area contributed by atoms with Gasteiger partial charge in [0.2, 0.25) is 5.91 Å². The van der Waals surface area contributed by atoms with Crippen molar-refractivity contribution in [3.63, 3.8) is 0 Å². The number of rotatable bonds is 3. The number of hydrogen-bond acceptors (Lipinski definition) is 3. The van der Waals surface area contributed by atoms with Crippen LogP contribution in [-0.2, 0) is 4.79 Å². The molecule has 1 saturated carbocycles. The van der Waals surface area contributed by atoms with Crippen molar-refractivity contribution < 1.29 is 4.79 Å². The molecule has 2 fully saturated rings. The van der Waals surface area contributed by atoms with Gasteiger partial charge < -0.3 is 15.1 Å². The molecule has 1 aliphatic carbocycles. The van der Waals surface area contributed by atoms with E-state index in [9.17, 15) is 4.79 Å². The molecule has 3 rings (SSSR count). The molecule has 1 heterocycles. The van der Waals surface area contributed by atoms with Crippen LogP contribution in [0.2, 0.25) is 0 Å². The highest BCUT2D eigenvalue weighted by atomic mass is 16.2. The van der Waals surface area contributed by atoms with E-state index in [0.717, 1.165) is 50.3 Å². The summed E-state index contributed by atoms with van der Waals surface area (Å²) in [5.41, 5.74) is 3.37. The fourth-order valence-corrected chi connectivity index (χ4v) is 2.63. The number of aryl methyl sites for hydroxylation is 1. The number of hydrogen-bond donors (Lipinski definition) is 1. The minimum Gasteiger partial charge on any atom is -0.369 e. The number of benzene rings is 1. The molecule has 0 spiro atoms. The summed E-state index contributed by atoms with van der Waals surface area (Å²) in [4.78, 5) is 16.6. The molecule has 1 saturated heterocycles. The molecule has 2 aliphatic rings. The predicted molar refractivity (Wildman–Crippen MR) is 82.2 cm³/mol. The minimum absolute atomic E-state index is 0.181. The Morgan fingerprint density at radius 1 is 1.20 bits per heavy atom. The van der Waals surface area contributed by atoms with E-state index < -0.39 is 0 Å². The largest absolute Gasteiger partial charge is 0.369 e. The zero-order valence-electron chi connectivity index (χ0n) is 12.4. The summed E-state index contributed by atoms with van der Waals surface area (Å²) >= 11 is 0. The topological polar surface area (TPSA) is 35.6 Å². The Morgan fingerprint density at radius 2 is 1.90 bits per heavy atom. The predicted octanol–water partition coefficient (Wildman–Crippen LogP) is 2.10. The van der Waals surface area contributed by atoms with Gasteiger partial charge in [-0.15, -0.1) is 0 Å². The van der Waals surface area contributed by atoms with Gasteiger partial charge in [0.05, 0.1) is 0 Å². The molecule has 4 heteroatoms. The smallest absolute Gasteiger partial charge is 0.227 e. The zero-order chi connectivity index (χ0) is 14.1. The lowest BCUT2D eigenvalue weighted by atomic mass is 10.1. The molecule has 0 aromatic heterocycles. The third-order valence-corrected chi connectivity index (χ3v) is 4.28. The van der Waals surface area contributed by atoms with Crippen LogP contribution in [-0.4, -0.2) is 44.0 Å². The average molecular weight is 273 g/mol. The Kier molecular flexibility index (Phi) is 3.66. The summed E-state index contributed by atoms with van der Waals surface area (Å²) in [6, 6.07) is 6.36. The van der Waals surface area contributed by atoms with Crippen LogP contribution in [0.4, 0.5) is 11.4 Å². The highest BCUT2D eigenvalue weighted by molar-refractivity contribution is 5.94. The first-order chi connectivity index (χ1) is 9.63. The van der Waals surface area contributed by atoms with E-state index in [1.165, 1.54) is 5.69 Å². The number of carbonyl (C=O) groups is 1. The second-order valence-corrected chi connectivity index (χ2v) is 6.05. The minimum atomic E-state index is 0.181. The maximum Gasteiger partial charge on any atom is 0.227 e. The zero-order valence-corrected chi connectivity index (χ0v) is 12.4. The summed E-state index contributed by atoms with van der Waals surface area (Å²) in [7, 11) is 2.17. The molecule has 0 radical (unpaired) electrons. The van der Waals surface area contributed by atoms with Crippen molar-refractivity contribution in [1.82, 2.24) is 4.90 Å². The Hall–Kier alpha value is -1.55. The number of anilines is 2. The van der Waals surface area contributed by atoms with E-state index in [2.05, 4.69) is 41.2 Å². The van der Waals surface area contributed by atoms with Gasteiger partial charge in [0.15, 0.2) is 0 Å². The Morgan fingerprint density at radius 3 is 2.50 bits per heavy atom. The highest BCUT2D eigenvalue weighted by Crippen LogP contribution is 2.31. The van der Waals surface area contributed by atoms with Gasteiger partial charge in [0.25, 0.3) is 0 Å². The van der Waals surface area contributed by atoms with E-state index in [-0.39, 0.29) is 11.8 Å². The highest BCUT2D eigenvalue weighted by Gasteiger charge is 2.29. The number of carbonyl (C=O) groups excluding carboxylic acids is 1. The molecule has 20 heavy (non-hydrogen) atoms. The SMILES string of the molecule is Cc1cc(N2CCN(C)CC2)ccc1NC(=O)C1CC1. The molecule has 1 amide bonds. The molecule has 0 unspecified atom stereocenters. The Bertz CT molecular complexity index is 502. The standard InChI is InChI=1S/C16H23N3O/c1-12-11-14(19-9-7-18(2)8-10-19)5-6-15(12)17-16(20)13-3-4-13/h5-6,11,13H,3-4,7-10H2,1-2H3,(H,17,20). The maximum atomic E-state index is 11.8. The molecule has 1 aromatic carbocycles. The molecule has 1 aliphatic heterocycles. The summed E-state index contributed by atoms with van der Waals surface area (Å²) in [6.45, 7) is 6.44. The first-order valence-corrected chi connectivity index (χ1v) is 7.48. The molecular weight excluding hydrogens is 250 g/mol. The van der Waals surface area contributed by atoms with E-state index in [1.54, 1.807) is 0 Å². The summed E-state index contributed by atoms with van der Waals surface area (Å²) in [5, 5.41) is 3.04. The van der Waals surface area contributed by atoms with Crippen molar-refractivity contribution >= 4 is 17.3 Å². The van der Waals surface area contributed by atoms with Gasteiger partial charge in [-0.3, -0.25) is 4.79 Å². The van der Waals surface area contributed by atoms with Crippen LogP contribution < -0.4 is 10.2 Å². The number of amides is 1. The maximum absolute atomic E-state index is 11.8. The van der Waals surface area contributed by atoms with Crippen molar-refractivity contribution in [3.05, 3.63) is 23.8 Å². The lowest BCUT2D eigenvalue weighted by molar-refractivity contribution is -0.117. The lowest BCUT2D eigenvalue weighted by Crippen LogP contribution is -2.44. The van der Waals surface area contributed by atoms with Gasteiger partial charge >= 0.3 is 0 Å². The van der Waals surface area contributed by atoms with Crippen LogP contribution in [0.1, 0.15) is 18.4 Å². The quantitative estimate of drug-likeness (QED) is 0.916. The molecule has 1 N–H and O–H groups in total. The van der Waals surface area contributed by atoms with Crippen LogP contribution in [0, 0.1) is 12.8 Å². The number of nitrogens with one attached hydrogen (secondary N) is 1. The van der Waals surface area contributed by atoms with Crippen LogP contribution in [0.25, 0.3) is 0 Å². The first kappa shape index (κ1) is 13.4. The molecule has 0 bridgehead atoms. The van der Waals surface area contributed by atoms with Crippen molar-refractivity contribution in [2.45, 2.75) is 19.8 Å². The van der Waals surface area contributed by atoms with Crippen molar-refractivity contribution in [2.24, 2.45) is 5.92 Å². The molecular formula is C16H23N3O. The van der Waals surface area contributed by atoms with Gasteiger partial charge in [0, 0.05) is 43.5 Å². The normalized spacial score (nSPS) is 20.0. The lowest BCUT2D eigenvalue weighted by Gasteiger charge is -2.34. The monoisotopic (exact) mass is 273 g/mol. The van der Waals surface area contributed by atoms with E-state index in [0.29, 0.717) is 0 Å². The van der Waals surface area contributed by atoms with Gasteiger partial charge in [-0.1, -0.05) is 0 Å². The number of likely N-dealkylation sites (N-methyl/N-ethyl adjacent to an activating group) is 1. The van der Waals surface area contributed by atoms with Crippen molar-refractivity contribution in [2.75, 3.05) is 43.4 Å². The second kappa shape index (κ2) is 5.44. The van der Waals surface area contributed by atoms with Gasteiger partial charge in [-0.05, 0) is 50.6 Å². The first-order valence-electron chi connectivity index (χ1n) is 7.48. The Balaban J connectivity index is 1.68. The fourth-order valence-electron chi connectivity index (χ4n) is 2.63. The van der Waals surface area contributed by atoms with Crippen LogP contribution >= 0.6 is 0 Å². The number of piperazine rings is 1. The average Bonchev–Trinajstić information content (AvgIpc) is 3.26. The van der Waals surface area contributed by atoms with Crippen LogP contribution in [0.5, 0.6) is 0 Å². The fraction of sp³-hybridized carbons (Fsp3) is 0.562. The van der Waals surface area contributed by atoms with Crippen LogP contribution in [0.15, 0.2) is 18.2 Å². The van der Waals surface area contributed by atoms with E-state index in [1.807, 2.05) is 6.07 Å². The van der Waals surface area contributed by atoms with Crippen molar-refractivity contribution in [1.29, 1.82) is 0 Å². The molecule has 0 atom stereocenters. The molecule has 108 valence electrons. The number of nitrogens with zero attached hydrogens (tertiary/aromatic N) is 2. The van der Waals surface area contributed by atoms with Gasteiger partial charge in [0.1, 0.15) is 0 Å². The second-order valence-electron chi connectivity index (χ2n) is 6.05. The Labute approximate surface area is 120 Å². The van der Waals surface area contributed by atoms with Crippen molar-refractivity contribution in [3.8, 4) is 0 Å². The van der Waals surface area contributed by atoms with Gasteiger partial charge in [-0.25, -0.2) is 0 Å². The summed E-state index contributed by atoms with van der Waals surface area (Å²) in [5.74, 6) is 0.437. The summed E-state index contributed by atoms with van der Waals surface area (Å²) in [6.07, 6.45) is 2.09. The van der Waals surface area contributed by atoms with E-state index in [4.69, 9.17) is 0 Å². The van der Waals surface area contributed by atoms with Gasteiger partial charge in [-0.2, -0.15) is 0 Å². The third kappa shape index (κ3) is 2.96.